The number of hydrogen-bond acceptors (Lipinski definition) is 4. The highest BCUT2D eigenvalue weighted by molar-refractivity contribution is 9.11. The summed E-state index contributed by atoms with van der Waals surface area (Å²) in [4.78, 5) is 38.7. The van der Waals surface area contributed by atoms with Crippen LogP contribution in [0.25, 0.3) is 0 Å². The van der Waals surface area contributed by atoms with Gasteiger partial charge in [-0.05, 0) is 23.8 Å². The molecule has 2 amide bonds. The van der Waals surface area contributed by atoms with Gasteiger partial charge in [0.05, 0.1) is 6.54 Å². The molecule has 0 aliphatic carbocycles. The molecule has 1 aromatic carbocycles. The average molecular weight is 391 g/mol. The van der Waals surface area contributed by atoms with E-state index < -0.39 is 11.8 Å². The molecule has 0 aliphatic rings. The molecule has 0 saturated carbocycles. The van der Waals surface area contributed by atoms with Crippen LogP contribution in [0.1, 0.15) is 5.56 Å². The second-order valence-electron chi connectivity index (χ2n) is 4.88. The molecular weight excluding hydrogens is 376 g/mol. The highest BCUT2D eigenvalue weighted by atomic mass is 79.9. The molecular formula is C16H15BrN4O3. The zero-order valence-corrected chi connectivity index (χ0v) is 14.2. The van der Waals surface area contributed by atoms with Gasteiger partial charge in [-0.1, -0.05) is 34.6 Å². The number of aromatic nitrogens is 2. The van der Waals surface area contributed by atoms with Gasteiger partial charge in [-0.15, -0.1) is 0 Å². The maximum absolute atomic E-state index is 11.8. The zero-order valence-electron chi connectivity index (χ0n) is 12.7. The lowest BCUT2D eigenvalue weighted by Gasteiger charge is -2.09. The highest BCUT2D eigenvalue weighted by Crippen LogP contribution is 2.11. The summed E-state index contributed by atoms with van der Waals surface area (Å²) in [6.45, 7) is 4.04. The molecule has 0 radical (unpaired) electrons. The molecule has 0 aliphatic heterocycles. The van der Waals surface area contributed by atoms with Crippen molar-refractivity contribution in [2.24, 2.45) is 0 Å². The maximum atomic E-state index is 11.8. The van der Waals surface area contributed by atoms with Crippen molar-refractivity contribution in [1.82, 2.24) is 14.9 Å². The average Bonchev–Trinajstić information content (AvgIpc) is 2.55. The Bertz CT molecular complexity index is 832. The third-order valence-corrected chi connectivity index (χ3v) is 3.25. The normalized spacial score (nSPS) is 10.0. The van der Waals surface area contributed by atoms with Crippen LogP contribution in [-0.2, 0) is 16.1 Å². The van der Waals surface area contributed by atoms with Crippen molar-refractivity contribution >= 4 is 33.4 Å². The largest absolute Gasteiger partial charge is 0.347 e. The fourth-order valence-electron chi connectivity index (χ4n) is 1.90. The topological polar surface area (TPSA) is 93.1 Å². The minimum Gasteiger partial charge on any atom is -0.343 e. The van der Waals surface area contributed by atoms with E-state index in [4.69, 9.17) is 0 Å². The Morgan fingerprint density at radius 1 is 1.25 bits per heavy atom. The van der Waals surface area contributed by atoms with Gasteiger partial charge in [0.2, 0.25) is 0 Å². The van der Waals surface area contributed by atoms with Crippen LogP contribution >= 0.6 is 15.9 Å². The second kappa shape index (κ2) is 8.21. The lowest BCUT2D eigenvalue weighted by atomic mass is 10.2. The monoisotopic (exact) mass is 390 g/mol. The van der Waals surface area contributed by atoms with Gasteiger partial charge in [-0.25, -0.2) is 9.78 Å². The van der Waals surface area contributed by atoms with Gasteiger partial charge in [-0.3, -0.25) is 14.2 Å². The highest BCUT2D eigenvalue weighted by Gasteiger charge is 2.13. The number of benzene rings is 1. The number of anilines is 1. The van der Waals surface area contributed by atoms with E-state index >= 15 is 0 Å². The quantitative estimate of drug-likeness (QED) is 0.751. The molecule has 8 heteroatoms. The van der Waals surface area contributed by atoms with E-state index in [-0.39, 0.29) is 12.2 Å². The van der Waals surface area contributed by atoms with E-state index in [0.29, 0.717) is 16.7 Å². The molecule has 2 rings (SSSR count). The molecule has 7 nitrogen and oxygen atoms in total. The number of rotatable bonds is 5. The standard InChI is InChI=1S/C16H15BrN4O3/c1-11(17)9-19-14(22)15(23)20-13-5-2-4-12(8-13)10-21-7-3-6-18-16(21)24/h2-8H,1,9-10H2,(H,19,22)(H,20,23). The first-order valence-corrected chi connectivity index (χ1v) is 7.78. The van der Waals surface area contributed by atoms with Gasteiger partial charge >= 0.3 is 17.5 Å². The van der Waals surface area contributed by atoms with Crippen LogP contribution in [0.4, 0.5) is 5.69 Å². The molecule has 24 heavy (non-hydrogen) atoms. The van der Waals surface area contributed by atoms with Gasteiger partial charge in [0.15, 0.2) is 0 Å². The van der Waals surface area contributed by atoms with E-state index in [1.165, 1.54) is 10.8 Å². The predicted octanol–water partition coefficient (Wildman–Crippen LogP) is 1.25. The van der Waals surface area contributed by atoms with Crippen molar-refractivity contribution in [2.45, 2.75) is 6.54 Å². The number of nitrogens with zero attached hydrogens (tertiary/aromatic N) is 2. The number of nitrogens with one attached hydrogen (secondary N) is 2. The van der Waals surface area contributed by atoms with Crippen LogP contribution in [-0.4, -0.2) is 27.9 Å². The number of amides is 2. The van der Waals surface area contributed by atoms with Crippen molar-refractivity contribution in [3.63, 3.8) is 0 Å². The van der Waals surface area contributed by atoms with Crippen LogP contribution in [0.15, 0.2) is 58.6 Å². The van der Waals surface area contributed by atoms with Crippen LogP contribution in [0.5, 0.6) is 0 Å². The summed E-state index contributed by atoms with van der Waals surface area (Å²) in [6.07, 6.45) is 3.05. The van der Waals surface area contributed by atoms with Gasteiger partial charge in [-0.2, -0.15) is 0 Å². The molecule has 1 aromatic heterocycles. The SMILES string of the molecule is C=C(Br)CNC(=O)C(=O)Nc1cccc(Cn2cccnc2=O)c1. The summed E-state index contributed by atoms with van der Waals surface area (Å²) in [6, 6.07) is 8.54. The van der Waals surface area contributed by atoms with E-state index in [2.05, 4.69) is 38.1 Å². The molecule has 124 valence electrons. The summed E-state index contributed by atoms with van der Waals surface area (Å²) in [5, 5.41) is 4.92. The molecule has 1 heterocycles. The Morgan fingerprint density at radius 3 is 2.75 bits per heavy atom. The second-order valence-corrected chi connectivity index (χ2v) is 6.01. The summed E-state index contributed by atoms with van der Waals surface area (Å²) < 4.78 is 2.00. The summed E-state index contributed by atoms with van der Waals surface area (Å²) >= 11 is 3.09. The fourth-order valence-corrected chi connectivity index (χ4v) is 2.04. The van der Waals surface area contributed by atoms with Gasteiger partial charge in [0.1, 0.15) is 0 Å². The van der Waals surface area contributed by atoms with E-state index in [1.54, 1.807) is 30.5 Å². The first kappa shape index (κ1) is 17.6. The molecule has 0 unspecified atom stereocenters. The Morgan fingerprint density at radius 2 is 2.04 bits per heavy atom. The minimum atomic E-state index is -0.778. The van der Waals surface area contributed by atoms with Crippen LogP contribution in [0.2, 0.25) is 0 Å². The Kier molecular flexibility index (Phi) is 6.02. The van der Waals surface area contributed by atoms with Crippen molar-refractivity contribution in [1.29, 1.82) is 0 Å². The Balaban J connectivity index is 2.04. The van der Waals surface area contributed by atoms with E-state index in [1.807, 2.05) is 6.07 Å². The third kappa shape index (κ3) is 5.17. The first-order chi connectivity index (χ1) is 11.5. The van der Waals surface area contributed by atoms with Crippen molar-refractivity contribution in [3.8, 4) is 0 Å². The lowest BCUT2D eigenvalue weighted by molar-refractivity contribution is -0.136. The zero-order chi connectivity index (χ0) is 17.5. The minimum absolute atomic E-state index is 0.163. The third-order valence-electron chi connectivity index (χ3n) is 2.97. The van der Waals surface area contributed by atoms with Gasteiger partial charge < -0.3 is 10.6 Å². The smallest absolute Gasteiger partial charge is 0.343 e. The van der Waals surface area contributed by atoms with Crippen LogP contribution < -0.4 is 16.3 Å². The van der Waals surface area contributed by atoms with Gasteiger partial charge in [0, 0.05) is 29.1 Å². The summed E-state index contributed by atoms with van der Waals surface area (Å²) in [5.41, 5.74) is 0.890. The lowest BCUT2D eigenvalue weighted by Crippen LogP contribution is -2.35. The number of hydrogen-bond donors (Lipinski definition) is 2. The Labute approximate surface area is 146 Å². The molecule has 0 fully saturated rings. The van der Waals surface area contributed by atoms with Crippen LogP contribution in [0.3, 0.4) is 0 Å². The van der Waals surface area contributed by atoms with Crippen molar-refractivity contribution in [2.75, 3.05) is 11.9 Å². The number of halogens is 1. The molecule has 0 atom stereocenters. The summed E-state index contributed by atoms with van der Waals surface area (Å²) in [7, 11) is 0. The molecule has 0 bridgehead atoms. The fraction of sp³-hybridized carbons (Fsp3) is 0.125. The van der Waals surface area contributed by atoms with Crippen LogP contribution in [0, 0.1) is 0 Å². The molecule has 0 saturated heterocycles. The van der Waals surface area contributed by atoms with Crippen molar-refractivity contribution in [3.05, 3.63) is 69.8 Å². The summed E-state index contributed by atoms with van der Waals surface area (Å²) in [5.74, 6) is -1.54. The predicted molar refractivity (Wildman–Crippen MR) is 93.7 cm³/mol. The number of carbonyl (C=O) groups is 2. The van der Waals surface area contributed by atoms with Crippen molar-refractivity contribution < 1.29 is 9.59 Å². The van der Waals surface area contributed by atoms with E-state index in [9.17, 15) is 14.4 Å². The molecule has 2 N–H and O–H groups in total. The maximum Gasteiger partial charge on any atom is 0.347 e. The molecule has 0 spiro atoms. The number of carbonyl (C=O) groups excluding carboxylic acids is 2. The Hall–Kier alpha value is -2.74. The van der Waals surface area contributed by atoms with Gasteiger partial charge in [0.25, 0.3) is 0 Å². The van der Waals surface area contributed by atoms with E-state index in [0.717, 1.165) is 5.56 Å². The first-order valence-electron chi connectivity index (χ1n) is 6.98. The molecule has 2 aromatic rings.